The SMILES string of the molecule is CCCNC(=O)Cc1ccc([N+](=O)[O-])cc1. The predicted molar refractivity (Wildman–Crippen MR) is 60.1 cm³/mol. The Hall–Kier alpha value is -1.91. The largest absolute Gasteiger partial charge is 0.356 e. The summed E-state index contributed by atoms with van der Waals surface area (Å²) < 4.78 is 0. The average molecular weight is 222 g/mol. The van der Waals surface area contributed by atoms with E-state index in [1.807, 2.05) is 6.92 Å². The van der Waals surface area contributed by atoms with Crippen molar-refractivity contribution in [1.29, 1.82) is 0 Å². The number of carbonyl (C=O) groups excluding carboxylic acids is 1. The zero-order valence-electron chi connectivity index (χ0n) is 9.10. The fourth-order valence-electron chi connectivity index (χ4n) is 1.25. The fourth-order valence-corrected chi connectivity index (χ4v) is 1.25. The van der Waals surface area contributed by atoms with Gasteiger partial charge in [-0.05, 0) is 12.0 Å². The summed E-state index contributed by atoms with van der Waals surface area (Å²) in [5, 5.41) is 13.1. The molecule has 0 aliphatic carbocycles. The zero-order valence-corrected chi connectivity index (χ0v) is 9.10. The number of nitro benzene ring substituents is 1. The summed E-state index contributed by atoms with van der Waals surface area (Å²) in [5.41, 5.74) is 0.817. The van der Waals surface area contributed by atoms with Gasteiger partial charge in [-0.1, -0.05) is 19.1 Å². The zero-order chi connectivity index (χ0) is 12.0. The Kier molecular flexibility index (Phi) is 4.44. The Bertz CT molecular complexity index is 373. The Balaban J connectivity index is 2.55. The molecule has 1 rings (SSSR count). The Morgan fingerprint density at radius 1 is 1.38 bits per heavy atom. The first-order valence-electron chi connectivity index (χ1n) is 5.13. The van der Waals surface area contributed by atoms with Crippen LogP contribution in [0.2, 0.25) is 0 Å². The first-order valence-corrected chi connectivity index (χ1v) is 5.13. The molecule has 16 heavy (non-hydrogen) atoms. The van der Waals surface area contributed by atoms with Crippen LogP contribution in [0.1, 0.15) is 18.9 Å². The maximum Gasteiger partial charge on any atom is 0.269 e. The van der Waals surface area contributed by atoms with E-state index in [0.29, 0.717) is 6.54 Å². The number of benzene rings is 1. The second kappa shape index (κ2) is 5.85. The highest BCUT2D eigenvalue weighted by Crippen LogP contribution is 2.12. The van der Waals surface area contributed by atoms with Gasteiger partial charge in [-0.25, -0.2) is 0 Å². The minimum absolute atomic E-state index is 0.0396. The van der Waals surface area contributed by atoms with Gasteiger partial charge in [0.05, 0.1) is 11.3 Å². The highest BCUT2D eigenvalue weighted by Gasteiger charge is 2.06. The van der Waals surface area contributed by atoms with Crippen LogP contribution < -0.4 is 5.32 Å². The van der Waals surface area contributed by atoms with Crippen molar-refractivity contribution in [2.24, 2.45) is 0 Å². The van der Waals surface area contributed by atoms with E-state index in [2.05, 4.69) is 5.32 Å². The van der Waals surface area contributed by atoms with Crippen molar-refractivity contribution < 1.29 is 9.72 Å². The van der Waals surface area contributed by atoms with E-state index in [9.17, 15) is 14.9 Å². The van der Waals surface area contributed by atoms with Crippen LogP contribution in [0.3, 0.4) is 0 Å². The van der Waals surface area contributed by atoms with Crippen molar-refractivity contribution in [2.45, 2.75) is 19.8 Å². The molecule has 0 saturated carbocycles. The van der Waals surface area contributed by atoms with Crippen molar-refractivity contribution in [3.8, 4) is 0 Å². The topological polar surface area (TPSA) is 72.2 Å². The molecule has 0 atom stereocenters. The van der Waals surface area contributed by atoms with Crippen LogP contribution in [-0.4, -0.2) is 17.4 Å². The van der Waals surface area contributed by atoms with Gasteiger partial charge in [0.25, 0.3) is 5.69 Å². The van der Waals surface area contributed by atoms with E-state index in [1.165, 1.54) is 12.1 Å². The third kappa shape index (κ3) is 3.68. The van der Waals surface area contributed by atoms with Gasteiger partial charge in [0, 0.05) is 18.7 Å². The molecule has 0 spiro atoms. The van der Waals surface area contributed by atoms with Crippen LogP contribution in [0.15, 0.2) is 24.3 Å². The molecule has 0 heterocycles. The quantitative estimate of drug-likeness (QED) is 0.608. The molecule has 0 aromatic heterocycles. The molecule has 1 aromatic carbocycles. The van der Waals surface area contributed by atoms with Gasteiger partial charge in [0.1, 0.15) is 0 Å². The molecular weight excluding hydrogens is 208 g/mol. The van der Waals surface area contributed by atoms with Crippen LogP contribution >= 0.6 is 0 Å². The number of nitrogens with zero attached hydrogens (tertiary/aromatic N) is 1. The molecule has 5 nitrogen and oxygen atoms in total. The number of amides is 1. The van der Waals surface area contributed by atoms with Crippen molar-refractivity contribution in [2.75, 3.05) is 6.54 Å². The number of non-ortho nitro benzene ring substituents is 1. The first-order chi connectivity index (χ1) is 7.63. The molecule has 5 heteroatoms. The summed E-state index contributed by atoms with van der Waals surface area (Å²) >= 11 is 0. The van der Waals surface area contributed by atoms with E-state index in [4.69, 9.17) is 0 Å². The molecule has 0 unspecified atom stereocenters. The highest BCUT2D eigenvalue weighted by atomic mass is 16.6. The molecule has 0 bridgehead atoms. The Morgan fingerprint density at radius 3 is 2.50 bits per heavy atom. The second-order valence-electron chi connectivity index (χ2n) is 3.45. The van der Waals surface area contributed by atoms with Crippen LogP contribution in [-0.2, 0) is 11.2 Å². The fraction of sp³-hybridized carbons (Fsp3) is 0.364. The lowest BCUT2D eigenvalue weighted by Gasteiger charge is -2.03. The van der Waals surface area contributed by atoms with E-state index >= 15 is 0 Å². The lowest BCUT2D eigenvalue weighted by atomic mass is 10.1. The predicted octanol–water partition coefficient (Wildman–Crippen LogP) is 1.66. The molecule has 0 aliphatic rings. The van der Waals surface area contributed by atoms with Gasteiger partial charge >= 0.3 is 0 Å². The Labute approximate surface area is 93.6 Å². The molecule has 1 N–H and O–H groups in total. The van der Waals surface area contributed by atoms with E-state index in [-0.39, 0.29) is 18.0 Å². The third-order valence-corrected chi connectivity index (χ3v) is 2.08. The summed E-state index contributed by atoms with van der Waals surface area (Å²) in [7, 11) is 0. The van der Waals surface area contributed by atoms with Gasteiger partial charge in [0.2, 0.25) is 5.91 Å². The van der Waals surface area contributed by atoms with Gasteiger partial charge in [-0.2, -0.15) is 0 Å². The molecule has 0 saturated heterocycles. The molecule has 0 radical (unpaired) electrons. The third-order valence-electron chi connectivity index (χ3n) is 2.08. The monoisotopic (exact) mass is 222 g/mol. The van der Waals surface area contributed by atoms with E-state index < -0.39 is 4.92 Å². The lowest BCUT2D eigenvalue weighted by Crippen LogP contribution is -2.25. The molecule has 1 amide bonds. The summed E-state index contributed by atoms with van der Waals surface area (Å²) in [4.78, 5) is 21.3. The van der Waals surface area contributed by atoms with Crippen molar-refractivity contribution in [3.05, 3.63) is 39.9 Å². The smallest absolute Gasteiger partial charge is 0.269 e. The van der Waals surface area contributed by atoms with Crippen molar-refractivity contribution in [3.63, 3.8) is 0 Å². The standard InChI is InChI=1S/C11H14N2O3/c1-2-7-12-11(14)8-9-3-5-10(6-4-9)13(15)16/h3-6H,2,7-8H2,1H3,(H,12,14). The van der Waals surface area contributed by atoms with Gasteiger partial charge in [-0.3, -0.25) is 14.9 Å². The summed E-state index contributed by atoms with van der Waals surface area (Å²) in [6.45, 7) is 2.64. The minimum Gasteiger partial charge on any atom is -0.356 e. The molecular formula is C11H14N2O3. The maximum absolute atomic E-state index is 11.3. The molecule has 0 aliphatic heterocycles. The summed E-state index contributed by atoms with van der Waals surface area (Å²) in [6, 6.07) is 6.01. The molecule has 86 valence electrons. The number of rotatable bonds is 5. The van der Waals surface area contributed by atoms with E-state index in [0.717, 1.165) is 12.0 Å². The number of nitro groups is 1. The van der Waals surface area contributed by atoms with Crippen LogP contribution in [0.4, 0.5) is 5.69 Å². The van der Waals surface area contributed by atoms with Crippen LogP contribution in [0.5, 0.6) is 0 Å². The number of nitrogens with one attached hydrogen (secondary N) is 1. The normalized spacial score (nSPS) is 9.81. The van der Waals surface area contributed by atoms with Crippen LogP contribution in [0, 0.1) is 10.1 Å². The highest BCUT2D eigenvalue weighted by molar-refractivity contribution is 5.78. The van der Waals surface area contributed by atoms with Gasteiger partial charge in [0.15, 0.2) is 0 Å². The lowest BCUT2D eigenvalue weighted by molar-refractivity contribution is -0.384. The summed E-state index contributed by atoms with van der Waals surface area (Å²) in [6.07, 6.45) is 1.16. The van der Waals surface area contributed by atoms with E-state index in [1.54, 1.807) is 12.1 Å². The van der Waals surface area contributed by atoms with Crippen molar-refractivity contribution in [1.82, 2.24) is 5.32 Å². The number of hydrogen-bond acceptors (Lipinski definition) is 3. The average Bonchev–Trinajstić information content (AvgIpc) is 2.27. The maximum atomic E-state index is 11.3. The first kappa shape index (κ1) is 12.2. The van der Waals surface area contributed by atoms with Gasteiger partial charge in [-0.15, -0.1) is 0 Å². The number of carbonyl (C=O) groups is 1. The van der Waals surface area contributed by atoms with Crippen molar-refractivity contribution >= 4 is 11.6 Å². The minimum atomic E-state index is -0.457. The number of hydrogen-bond donors (Lipinski definition) is 1. The van der Waals surface area contributed by atoms with Crippen LogP contribution in [0.25, 0.3) is 0 Å². The molecule has 0 fully saturated rings. The van der Waals surface area contributed by atoms with Gasteiger partial charge < -0.3 is 5.32 Å². The summed E-state index contributed by atoms with van der Waals surface area (Å²) in [5.74, 6) is -0.0595. The second-order valence-corrected chi connectivity index (χ2v) is 3.45. The Morgan fingerprint density at radius 2 is 2.00 bits per heavy atom. The molecule has 1 aromatic rings.